The van der Waals surface area contributed by atoms with E-state index in [1.54, 1.807) is 19.2 Å². The molecule has 1 aliphatic heterocycles. The van der Waals surface area contributed by atoms with Crippen LogP contribution in [-0.2, 0) is 20.6 Å². The predicted molar refractivity (Wildman–Crippen MR) is 110 cm³/mol. The molecule has 150 valence electrons. The van der Waals surface area contributed by atoms with Gasteiger partial charge in [-0.1, -0.05) is 18.2 Å². The molecule has 4 rings (SSSR count). The Morgan fingerprint density at radius 1 is 1.24 bits per heavy atom. The van der Waals surface area contributed by atoms with Crippen LogP contribution in [0.1, 0.15) is 24.0 Å². The molecule has 0 radical (unpaired) electrons. The molecule has 0 unspecified atom stereocenters. The molecule has 1 aromatic carbocycles. The lowest BCUT2D eigenvalue weighted by Crippen LogP contribution is -2.44. The van der Waals surface area contributed by atoms with Gasteiger partial charge in [0.15, 0.2) is 11.2 Å². The lowest BCUT2D eigenvalue weighted by atomic mass is 10.1. The van der Waals surface area contributed by atoms with Crippen molar-refractivity contribution >= 4 is 17.1 Å². The van der Waals surface area contributed by atoms with E-state index in [1.807, 2.05) is 16.7 Å². The van der Waals surface area contributed by atoms with Crippen LogP contribution in [0.2, 0.25) is 0 Å². The minimum absolute atomic E-state index is 0.0232. The lowest BCUT2D eigenvalue weighted by molar-refractivity contribution is 0.495. The zero-order chi connectivity index (χ0) is 20.7. The fraction of sp³-hybridized carbons (Fsp3) is 0.400. The fourth-order valence-electron chi connectivity index (χ4n) is 3.96. The number of imidazole rings is 1. The monoisotopic (exact) mass is 393 g/mol. The molecule has 0 saturated carbocycles. The van der Waals surface area contributed by atoms with Crippen molar-refractivity contribution in [2.75, 3.05) is 18.0 Å². The maximum Gasteiger partial charge on any atom is 0.332 e. The quantitative estimate of drug-likeness (QED) is 0.684. The summed E-state index contributed by atoms with van der Waals surface area (Å²) >= 11 is 0. The highest BCUT2D eigenvalue weighted by Crippen LogP contribution is 2.24. The number of hydrogen-bond donors (Lipinski definition) is 1. The summed E-state index contributed by atoms with van der Waals surface area (Å²) in [6.07, 6.45) is 1.87. The summed E-state index contributed by atoms with van der Waals surface area (Å²) in [7, 11) is 3.07. The first-order valence-electron chi connectivity index (χ1n) is 9.57. The Kier molecular flexibility index (Phi) is 4.72. The molecule has 2 N–H and O–H groups in total. The molecule has 3 heterocycles. The summed E-state index contributed by atoms with van der Waals surface area (Å²) in [6, 6.07) is 9.51. The number of anilines is 1. The maximum absolute atomic E-state index is 13.0. The van der Waals surface area contributed by atoms with Gasteiger partial charge in [0.05, 0.1) is 18.2 Å². The number of hydrogen-bond acceptors (Lipinski definition) is 6. The molecule has 0 aliphatic carbocycles. The van der Waals surface area contributed by atoms with Crippen LogP contribution in [-0.4, -0.2) is 37.8 Å². The van der Waals surface area contributed by atoms with Crippen LogP contribution in [0.15, 0.2) is 33.9 Å². The number of aryl methyl sites for hydroxylation is 1. The standard InChI is InChI=1S/C20H23N7O2/c1-24-17-16(18(28)25(2)20(24)29)27(11-14-7-4-3-6-13(14)10-21)19(23-17)26-9-5-8-15(22)12-26/h3-4,6-7,15H,5,8-9,11-12,22H2,1-2H3/t15-/m1/s1. The highest BCUT2D eigenvalue weighted by molar-refractivity contribution is 5.75. The van der Waals surface area contributed by atoms with Gasteiger partial charge in [0.25, 0.3) is 5.56 Å². The third-order valence-corrected chi connectivity index (χ3v) is 5.53. The van der Waals surface area contributed by atoms with E-state index in [-0.39, 0.29) is 6.04 Å². The molecule has 1 aliphatic rings. The van der Waals surface area contributed by atoms with Gasteiger partial charge in [0.2, 0.25) is 5.95 Å². The molecular weight excluding hydrogens is 370 g/mol. The van der Waals surface area contributed by atoms with Gasteiger partial charge in [-0.25, -0.2) is 4.79 Å². The summed E-state index contributed by atoms with van der Waals surface area (Å²) < 4.78 is 4.28. The smallest absolute Gasteiger partial charge is 0.332 e. The van der Waals surface area contributed by atoms with Crippen LogP contribution in [0.25, 0.3) is 11.2 Å². The highest BCUT2D eigenvalue weighted by Gasteiger charge is 2.26. The Morgan fingerprint density at radius 2 is 2.00 bits per heavy atom. The van der Waals surface area contributed by atoms with E-state index in [2.05, 4.69) is 16.0 Å². The van der Waals surface area contributed by atoms with Gasteiger partial charge in [-0.05, 0) is 24.5 Å². The highest BCUT2D eigenvalue weighted by atomic mass is 16.2. The van der Waals surface area contributed by atoms with Gasteiger partial charge in [0, 0.05) is 33.2 Å². The molecule has 0 bridgehead atoms. The van der Waals surface area contributed by atoms with Crippen molar-refractivity contribution in [2.24, 2.45) is 19.8 Å². The van der Waals surface area contributed by atoms with E-state index >= 15 is 0 Å². The minimum atomic E-state index is -0.425. The Hall–Kier alpha value is -3.38. The lowest BCUT2D eigenvalue weighted by Gasteiger charge is -2.32. The number of nitrogens with two attached hydrogens (primary N) is 1. The average Bonchev–Trinajstić information content (AvgIpc) is 3.10. The molecule has 1 saturated heterocycles. The molecule has 3 aromatic rings. The number of rotatable bonds is 3. The van der Waals surface area contributed by atoms with Crippen LogP contribution in [0.3, 0.4) is 0 Å². The van der Waals surface area contributed by atoms with Crippen molar-refractivity contribution in [2.45, 2.75) is 25.4 Å². The zero-order valence-electron chi connectivity index (χ0n) is 16.5. The summed E-state index contributed by atoms with van der Waals surface area (Å²) in [6.45, 7) is 1.69. The third-order valence-electron chi connectivity index (χ3n) is 5.53. The van der Waals surface area contributed by atoms with Crippen LogP contribution in [0.5, 0.6) is 0 Å². The van der Waals surface area contributed by atoms with Gasteiger partial charge in [-0.2, -0.15) is 10.2 Å². The van der Waals surface area contributed by atoms with Gasteiger partial charge < -0.3 is 10.6 Å². The first-order valence-corrected chi connectivity index (χ1v) is 9.57. The number of nitrogens with zero attached hydrogens (tertiary/aromatic N) is 6. The van der Waals surface area contributed by atoms with E-state index in [1.165, 1.54) is 11.6 Å². The van der Waals surface area contributed by atoms with Crippen molar-refractivity contribution in [1.29, 1.82) is 5.26 Å². The molecule has 1 fully saturated rings. The molecule has 0 spiro atoms. The SMILES string of the molecule is Cn1c(=O)c2c(nc(N3CCC[C@@H](N)C3)n2Cc2ccccc2C#N)n(C)c1=O. The second-order valence-corrected chi connectivity index (χ2v) is 7.49. The number of fused-ring (bicyclic) bond motifs is 1. The summed E-state index contributed by atoms with van der Waals surface area (Å²) in [5.74, 6) is 0.598. The molecule has 0 amide bonds. The molecule has 9 nitrogen and oxygen atoms in total. The Bertz CT molecular complexity index is 1240. The maximum atomic E-state index is 13.0. The number of benzene rings is 1. The minimum Gasteiger partial charge on any atom is -0.341 e. The Balaban J connectivity index is 1.99. The van der Waals surface area contributed by atoms with Crippen molar-refractivity contribution in [3.05, 3.63) is 56.2 Å². The van der Waals surface area contributed by atoms with Gasteiger partial charge in [-0.15, -0.1) is 0 Å². The predicted octanol–water partition coefficient (Wildman–Crippen LogP) is 0.281. The van der Waals surface area contributed by atoms with E-state index in [9.17, 15) is 14.9 Å². The summed E-state index contributed by atoms with van der Waals surface area (Å²) in [4.78, 5) is 32.2. The van der Waals surface area contributed by atoms with Gasteiger partial charge >= 0.3 is 5.69 Å². The van der Waals surface area contributed by atoms with Crippen molar-refractivity contribution in [3.8, 4) is 6.07 Å². The van der Waals surface area contributed by atoms with Gasteiger partial charge in [0.1, 0.15) is 0 Å². The fourth-order valence-corrected chi connectivity index (χ4v) is 3.96. The van der Waals surface area contributed by atoms with Crippen LogP contribution in [0.4, 0.5) is 5.95 Å². The number of piperidine rings is 1. The van der Waals surface area contributed by atoms with Crippen LogP contribution < -0.4 is 21.9 Å². The third kappa shape index (κ3) is 3.11. The molecular formula is C20H23N7O2. The first-order chi connectivity index (χ1) is 13.9. The summed E-state index contributed by atoms with van der Waals surface area (Å²) in [5, 5.41) is 9.48. The second-order valence-electron chi connectivity index (χ2n) is 7.49. The van der Waals surface area contributed by atoms with Gasteiger partial charge in [-0.3, -0.25) is 18.5 Å². The second kappa shape index (κ2) is 7.22. The first kappa shape index (κ1) is 19.0. The van der Waals surface area contributed by atoms with Crippen LogP contribution in [0, 0.1) is 11.3 Å². The average molecular weight is 393 g/mol. The van der Waals surface area contributed by atoms with E-state index in [0.717, 1.165) is 29.5 Å². The topological polar surface area (TPSA) is 115 Å². The molecule has 1 atom stereocenters. The largest absolute Gasteiger partial charge is 0.341 e. The van der Waals surface area contributed by atoms with Crippen molar-refractivity contribution in [3.63, 3.8) is 0 Å². The van der Waals surface area contributed by atoms with Crippen LogP contribution >= 0.6 is 0 Å². The van der Waals surface area contributed by atoms with Crippen molar-refractivity contribution in [1.82, 2.24) is 18.7 Å². The van der Waals surface area contributed by atoms with Crippen molar-refractivity contribution < 1.29 is 0 Å². The zero-order valence-corrected chi connectivity index (χ0v) is 16.5. The Morgan fingerprint density at radius 3 is 2.72 bits per heavy atom. The molecule has 29 heavy (non-hydrogen) atoms. The molecule has 9 heteroatoms. The van der Waals surface area contributed by atoms with E-state index in [0.29, 0.717) is 35.8 Å². The number of nitriles is 1. The summed E-state index contributed by atoms with van der Waals surface area (Å²) in [5.41, 5.74) is 7.34. The Labute approximate surface area is 167 Å². The normalized spacial score (nSPS) is 16.9. The van der Waals surface area contributed by atoms with E-state index in [4.69, 9.17) is 5.73 Å². The molecule has 2 aromatic heterocycles. The number of aromatic nitrogens is 4. The van der Waals surface area contributed by atoms with E-state index < -0.39 is 11.2 Å².